The van der Waals surface area contributed by atoms with Gasteiger partial charge in [0.1, 0.15) is 12.4 Å². The van der Waals surface area contributed by atoms with Crippen molar-refractivity contribution in [2.24, 2.45) is 0 Å². The SMILES string of the molecule is Cc1ncc(CNS(=O)(=O)c2ccc(CO)o2)s1. The summed E-state index contributed by atoms with van der Waals surface area (Å²) in [5.74, 6) is 0.212. The Labute approximate surface area is 108 Å². The van der Waals surface area contributed by atoms with Crippen LogP contribution >= 0.6 is 11.3 Å². The molecular weight excluding hydrogens is 276 g/mol. The number of sulfonamides is 1. The summed E-state index contributed by atoms with van der Waals surface area (Å²) in [6, 6.07) is 2.73. The number of nitrogens with zero attached hydrogens (tertiary/aromatic N) is 1. The predicted octanol–water partition coefficient (Wildman–Crippen LogP) is 1.02. The molecule has 0 saturated heterocycles. The molecule has 2 aromatic rings. The van der Waals surface area contributed by atoms with E-state index >= 15 is 0 Å². The highest BCUT2D eigenvalue weighted by molar-refractivity contribution is 7.89. The molecule has 0 aliphatic carbocycles. The highest BCUT2D eigenvalue weighted by Crippen LogP contribution is 2.16. The maximum Gasteiger partial charge on any atom is 0.274 e. The van der Waals surface area contributed by atoms with Gasteiger partial charge in [-0.15, -0.1) is 11.3 Å². The summed E-state index contributed by atoms with van der Waals surface area (Å²) in [5.41, 5.74) is 0. The van der Waals surface area contributed by atoms with Crippen LogP contribution in [0.1, 0.15) is 15.6 Å². The van der Waals surface area contributed by atoms with Crippen LogP contribution in [0.2, 0.25) is 0 Å². The zero-order valence-electron chi connectivity index (χ0n) is 9.58. The number of hydrogen-bond donors (Lipinski definition) is 2. The van der Waals surface area contributed by atoms with E-state index in [0.29, 0.717) is 0 Å². The van der Waals surface area contributed by atoms with Gasteiger partial charge in [0.15, 0.2) is 0 Å². The Bertz CT molecular complexity index is 630. The van der Waals surface area contributed by atoms with Crippen molar-refractivity contribution in [1.29, 1.82) is 0 Å². The van der Waals surface area contributed by atoms with E-state index in [-0.39, 0.29) is 24.0 Å². The lowest BCUT2D eigenvalue weighted by Gasteiger charge is -2.01. The number of aliphatic hydroxyl groups excluding tert-OH is 1. The first-order valence-corrected chi connectivity index (χ1v) is 7.42. The average Bonchev–Trinajstić information content (AvgIpc) is 2.95. The van der Waals surface area contributed by atoms with Crippen molar-refractivity contribution in [1.82, 2.24) is 9.71 Å². The molecule has 0 fully saturated rings. The van der Waals surface area contributed by atoms with Crippen molar-refractivity contribution in [3.63, 3.8) is 0 Å². The molecule has 0 unspecified atom stereocenters. The molecular formula is C10H12N2O4S2. The van der Waals surface area contributed by atoms with E-state index in [1.807, 2.05) is 6.92 Å². The summed E-state index contributed by atoms with van der Waals surface area (Å²) in [5, 5.41) is 9.49. The third-order valence-corrected chi connectivity index (χ3v) is 4.35. The van der Waals surface area contributed by atoms with Crippen LogP contribution in [0.5, 0.6) is 0 Å². The molecule has 0 aromatic carbocycles. The summed E-state index contributed by atoms with van der Waals surface area (Å²) in [7, 11) is -3.69. The standard InChI is InChI=1S/C10H12N2O4S2/c1-7-11-4-9(17-7)5-12-18(14,15)10-3-2-8(6-13)16-10/h2-4,12-13H,5-6H2,1H3. The second kappa shape index (κ2) is 5.19. The molecule has 0 atom stereocenters. The first-order valence-electron chi connectivity index (χ1n) is 5.12. The molecule has 18 heavy (non-hydrogen) atoms. The van der Waals surface area contributed by atoms with Crippen molar-refractivity contribution >= 4 is 21.4 Å². The van der Waals surface area contributed by atoms with Gasteiger partial charge < -0.3 is 9.52 Å². The van der Waals surface area contributed by atoms with Crippen LogP contribution in [0.3, 0.4) is 0 Å². The van der Waals surface area contributed by atoms with Gasteiger partial charge in [0.2, 0.25) is 5.09 Å². The van der Waals surface area contributed by atoms with E-state index < -0.39 is 10.0 Å². The minimum Gasteiger partial charge on any atom is -0.446 e. The monoisotopic (exact) mass is 288 g/mol. The number of aliphatic hydroxyl groups is 1. The zero-order chi connectivity index (χ0) is 13.2. The number of thiazole rings is 1. The first-order chi connectivity index (χ1) is 8.51. The van der Waals surface area contributed by atoms with Crippen LogP contribution in [0, 0.1) is 6.92 Å². The van der Waals surface area contributed by atoms with Gasteiger partial charge in [-0.25, -0.2) is 18.1 Å². The van der Waals surface area contributed by atoms with Gasteiger partial charge in [-0.05, 0) is 19.1 Å². The number of hydrogen-bond acceptors (Lipinski definition) is 6. The summed E-state index contributed by atoms with van der Waals surface area (Å²) in [6.45, 7) is 1.69. The van der Waals surface area contributed by atoms with Crippen LogP contribution in [-0.4, -0.2) is 18.5 Å². The van der Waals surface area contributed by atoms with Crippen molar-refractivity contribution in [2.45, 2.75) is 25.2 Å². The molecule has 6 nitrogen and oxygen atoms in total. The number of aromatic nitrogens is 1. The van der Waals surface area contributed by atoms with Crippen LogP contribution < -0.4 is 4.72 Å². The van der Waals surface area contributed by atoms with Crippen molar-refractivity contribution in [3.05, 3.63) is 34.0 Å². The molecule has 0 amide bonds. The van der Waals surface area contributed by atoms with Crippen LogP contribution in [0.25, 0.3) is 0 Å². The van der Waals surface area contributed by atoms with E-state index in [1.54, 1.807) is 6.20 Å². The third-order valence-electron chi connectivity index (χ3n) is 2.16. The highest BCUT2D eigenvalue weighted by Gasteiger charge is 2.18. The first kappa shape index (κ1) is 13.2. The molecule has 2 rings (SSSR count). The summed E-state index contributed by atoms with van der Waals surface area (Å²) >= 11 is 1.42. The Hall–Kier alpha value is -1.22. The summed E-state index contributed by atoms with van der Waals surface area (Å²) < 4.78 is 31.1. The molecule has 0 spiro atoms. The lowest BCUT2D eigenvalue weighted by Crippen LogP contribution is -2.22. The van der Waals surface area contributed by atoms with Crippen molar-refractivity contribution in [2.75, 3.05) is 0 Å². The van der Waals surface area contributed by atoms with E-state index in [0.717, 1.165) is 9.88 Å². The second-order valence-corrected chi connectivity index (χ2v) is 6.57. The molecule has 98 valence electrons. The molecule has 2 aromatic heterocycles. The lowest BCUT2D eigenvalue weighted by atomic mass is 10.5. The maximum atomic E-state index is 11.8. The fourth-order valence-corrected chi connectivity index (χ4v) is 3.09. The average molecular weight is 288 g/mol. The number of nitrogens with one attached hydrogen (secondary N) is 1. The van der Waals surface area contributed by atoms with Gasteiger partial charge in [-0.3, -0.25) is 0 Å². The Morgan fingerprint density at radius 1 is 1.50 bits per heavy atom. The molecule has 0 bridgehead atoms. The number of aryl methyl sites for hydroxylation is 1. The molecule has 0 saturated carbocycles. The highest BCUT2D eigenvalue weighted by atomic mass is 32.2. The fourth-order valence-electron chi connectivity index (χ4n) is 1.31. The largest absolute Gasteiger partial charge is 0.446 e. The molecule has 2 N–H and O–H groups in total. The van der Waals surface area contributed by atoms with Crippen LogP contribution in [-0.2, 0) is 23.2 Å². The normalized spacial score (nSPS) is 11.9. The number of rotatable bonds is 5. The second-order valence-electron chi connectivity index (χ2n) is 3.55. The predicted molar refractivity (Wildman–Crippen MR) is 65.5 cm³/mol. The zero-order valence-corrected chi connectivity index (χ0v) is 11.2. The smallest absolute Gasteiger partial charge is 0.274 e. The van der Waals surface area contributed by atoms with Gasteiger partial charge in [0.25, 0.3) is 10.0 Å². The minimum absolute atomic E-state index is 0.170. The molecule has 0 aliphatic heterocycles. The van der Waals surface area contributed by atoms with E-state index in [4.69, 9.17) is 9.52 Å². The third kappa shape index (κ3) is 2.96. The molecule has 0 radical (unpaired) electrons. The van der Waals surface area contributed by atoms with Gasteiger partial charge >= 0.3 is 0 Å². The maximum absolute atomic E-state index is 11.8. The topological polar surface area (TPSA) is 92.4 Å². The van der Waals surface area contributed by atoms with E-state index in [2.05, 4.69) is 9.71 Å². The minimum atomic E-state index is -3.69. The Balaban J connectivity index is 2.07. The van der Waals surface area contributed by atoms with Gasteiger partial charge in [0, 0.05) is 17.6 Å². The van der Waals surface area contributed by atoms with E-state index in [1.165, 1.54) is 23.5 Å². The Morgan fingerprint density at radius 2 is 2.28 bits per heavy atom. The van der Waals surface area contributed by atoms with Gasteiger partial charge in [0.05, 0.1) is 5.01 Å². The quantitative estimate of drug-likeness (QED) is 0.856. The van der Waals surface area contributed by atoms with Crippen molar-refractivity contribution < 1.29 is 17.9 Å². The Kier molecular flexibility index (Phi) is 3.81. The van der Waals surface area contributed by atoms with E-state index in [9.17, 15) is 8.42 Å². The number of furan rings is 1. The van der Waals surface area contributed by atoms with Crippen LogP contribution in [0.15, 0.2) is 27.8 Å². The Morgan fingerprint density at radius 3 is 2.83 bits per heavy atom. The van der Waals surface area contributed by atoms with Gasteiger partial charge in [-0.2, -0.15) is 0 Å². The lowest BCUT2D eigenvalue weighted by molar-refractivity contribution is 0.236. The molecule has 8 heteroatoms. The fraction of sp³-hybridized carbons (Fsp3) is 0.300. The van der Waals surface area contributed by atoms with Gasteiger partial charge in [-0.1, -0.05) is 0 Å². The van der Waals surface area contributed by atoms with Crippen LogP contribution in [0.4, 0.5) is 0 Å². The van der Waals surface area contributed by atoms with Crippen molar-refractivity contribution in [3.8, 4) is 0 Å². The summed E-state index contributed by atoms with van der Waals surface area (Å²) in [4.78, 5) is 4.86. The summed E-state index contributed by atoms with van der Waals surface area (Å²) in [6.07, 6.45) is 1.63. The molecule has 2 heterocycles. The molecule has 0 aliphatic rings.